The number of benzene rings is 1. The molecule has 2 heterocycles. The first-order chi connectivity index (χ1) is 14.5. The van der Waals surface area contributed by atoms with Gasteiger partial charge in [-0.2, -0.15) is 0 Å². The van der Waals surface area contributed by atoms with E-state index in [-0.39, 0.29) is 17.7 Å². The van der Waals surface area contributed by atoms with Crippen LogP contribution in [-0.4, -0.2) is 41.3 Å². The predicted molar refractivity (Wildman–Crippen MR) is 117 cm³/mol. The molecule has 1 N–H and O–H groups in total. The summed E-state index contributed by atoms with van der Waals surface area (Å²) in [6, 6.07) is 7.15. The van der Waals surface area contributed by atoms with Crippen LogP contribution in [0.4, 0.5) is 0 Å². The fraction of sp³-hybridized carbons (Fsp3) is 0.500. The van der Waals surface area contributed by atoms with Crippen molar-refractivity contribution in [2.45, 2.75) is 39.2 Å². The molecule has 6 nitrogen and oxygen atoms in total. The van der Waals surface area contributed by atoms with Crippen LogP contribution in [0.2, 0.25) is 5.02 Å². The first-order valence-electron chi connectivity index (χ1n) is 10.4. The lowest BCUT2D eigenvalue weighted by molar-refractivity contribution is -0.126. The number of carbonyl (C=O) groups is 2. The van der Waals surface area contributed by atoms with Crippen LogP contribution < -0.4 is 10.1 Å². The highest BCUT2D eigenvalue weighted by molar-refractivity contribution is 7.13. The van der Waals surface area contributed by atoms with Gasteiger partial charge < -0.3 is 15.0 Å². The third-order valence-corrected chi connectivity index (χ3v) is 6.92. The molecule has 1 atom stereocenters. The Bertz CT molecular complexity index is 911. The van der Waals surface area contributed by atoms with Crippen LogP contribution in [0.5, 0.6) is 5.75 Å². The maximum atomic E-state index is 13.1. The summed E-state index contributed by atoms with van der Waals surface area (Å²) < 4.78 is 5.75. The average Bonchev–Trinajstić information content (AvgIpc) is 3.52. The van der Waals surface area contributed by atoms with E-state index in [4.69, 9.17) is 16.3 Å². The highest BCUT2D eigenvalue weighted by Crippen LogP contribution is 2.28. The second-order valence-electron chi connectivity index (χ2n) is 8.04. The van der Waals surface area contributed by atoms with E-state index in [2.05, 4.69) is 10.3 Å². The molecule has 1 unspecified atom stereocenters. The molecule has 8 heteroatoms. The monoisotopic (exact) mass is 447 g/mol. The summed E-state index contributed by atoms with van der Waals surface area (Å²) in [5.74, 6) is 1.28. The second-order valence-corrected chi connectivity index (χ2v) is 9.56. The first-order valence-corrected chi connectivity index (χ1v) is 11.6. The molecule has 0 spiro atoms. The van der Waals surface area contributed by atoms with Crippen LogP contribution in [0.15, 0.2) is 24.3 Å². The molecule has 2 aliphatic rings. The molecule has 2 fully saturated rings. The highest BCUT2D eigenvalue weighted by atomic mass is 35.5. The number of likely N-dealkylation sites (tertiary alicyclic amines) is 1. The predicted octanol–water partition coefficient (Wildman–Crippen LogP) is 4.06. The Hall–Kier alpha value is -2.12. The quantitative estimate of drug-likeness (QED) is 0.694. The van der Waals surface area contributed by atoms with Crippen molar-refractivity contribution in [3.63, 3.8) is 0 Å². The SMILES string of the molecule is Cc1nc(COc2ccc(Cl)cc2)sc1C(=O)N1CCCC(C(=O)NCC2CC2)C1. The number of nitrogens with zero attached hydrogens (tertiary/aromatic N) is 2. The number of halogens is 1. The standard InChI is InChI=1S/C22H26ClN3O3S/c1-14-20(30-19(25-14)13-29-18-8-6-17(23)7-9-18)22(28)26-10-2-3-16(12-26)21(27)24-11-15-4-5-15/h6-9,15-16H,2-5,10-13H2,1H3,(H,24,27). The van der Waals surface area contributed by atoms with E-state index in [0.29, 0.717) is 47.0 Å². The molecule has 1 aromatic carbocycles. The second kappa shape index (κ2) is 9.35. The van der Waals surface area contributed by atoms with Crippen LogP contribution in [0, 0.1) is 18.8 Å². The smallest absolute Gasteiger partial charge is 0.265 e. The molecule has 2 aromatic rings. The van der Waals surface area contributed by atoms with E-state index in [9.17, 15) is 9.59 Å². The summed E-state index contributed by atoms with van der Waals surface area (Å²) >= 11 is 7.25. The van der Waals surface area contributed by atoms with E-state index in [1.165, 1.54) is 24.2 Å². The van der Waals surface area contributed by atoms with Crippen molar-refractivity contribution >= 4 is 34.8 Å². The van der Waals surface area contributed by atoms with Gasteiger partial charge in [0, 0.05) is 24.7 Å². The number of rotatable bonds is 7. The van der Waals surface area contributed by atoms with E-state index >= 15 is 0 Å². The average molecular weight is 448 g/mol. The van der Waals surface area contributed by atoms with Gasteiger partial charge in [-0.15, -0.1) is 11.3 Å². The number of thiazole rings is 1. The molecule has 0 radical (unpaired) electrons. The third-order valence-electron chi connectivity index (χ3n) is 5.55. The van der Waals surface area contributed by atoms with E-state index in [1.54, 1.807) is 29.2 Å². The summed E-state index contributed by atoms with van der Waals surface area (Å²) in [6.07, 6.45) is 4.11. The van der Waals surface area contributed by atoms with Gasteiger partial charge in [0.2, 0.25) is 5.91 Å². The van der Waals surface area contributed by atoms with Gasteiger partial charge in [-0.25, -0.2) is 4.98 Å². The molecule has 30 heavy (non-hydrogen) atoms. The zero-order chi connectivity index (χ0) is 21.1. The van der Waals surface area contributed by atoms with E-state index in [1.807, 2.05) is 6.92 Å². The number of nitrogens with one attached hydrogen (secondary N) is 1. The molecule has 2 amide bonds. The lowest BCUT2D eigenvalue weighted by atomic mass is 9.97. The number of piperidine rings is 1. The Morgan fingerprint density at radius 3 is 2.77 bits per heavy atom. The number of hydrogen-bond acceptors (Lipinski definition) is 5. The van der Waals surface area contributed by atoms with Crippen molar-refractivity contribution in [2.75, 3.05) is 19.6 Å². The number of amides is 2. The molecular weight excluding hydrogens is 422 g/mol. The van der Waals surface area contributed by atoms with Gasteiger partial charge in [-0.3, -0.25) is 9.59 Å². The topological polar surface area (TPSA) is 71.5 Å². The van der Waals surface area contributed by atoms with Gasteiger partial charge in [0.15, 0.2) is 0 Å². The van der Waals surface area contributed by atoms with Crippen LogP contribution in [0.1, 0.15) is 46.1 Å². The van der Waals surface area contributed by atoms with Crippen LogP contribution >= 0.6 is 22.9 Å². The van der Waals surface area contributed by atoms with E-state index < -0.39 is 0 Å². The summed E-state index contributed by atoms with van der Waals surface area (Å²) in [5.41, 5.74) is 0.708. The van der Waals surface area contributed by atoms with E-state index in [0.717, 1.165) is 24.4 Å². The normalized spacial score (nSPS) is 18.9. The highest BCUT2D eigenvalue weighted by Gasteiger charge is 2.31. The van der Waals surface area contributed by atoms with Crippen molar-refractivity contribution in [3.05, 3.63) is 44.9 Å². The maximum Gasteiger partial charge on any atom is 0.265 e. The molecular formula is C22H26ClN3O3S. The Morgan fingerprint density at radius 2 is 2.03 bits per heavy atom. The summed E-state index contributed by atoms with van der Waals surface area (Å²) in [5, 5.41) is 4.46. The zero-order valence-electron chi connectivity index (χ0n) is 17.0. The minimum atomic E-state index is -0.123. The Kier molecular flexibility index (Phi) is 6.58. The molecule has 0 bridgehead atoms. The lowest BCUT2D eigenvalue weighted by Crippen LogP contribution is -2.45. The molecule has 1 saturated heterocycles. The summed E-state index contributed by atoms with van der Waals surface area (Å²) in [6.45, 7) is 4.07. The van der Waals surface area contributed by atoms with Crippen molar-refractivity contribution < 1.29 is 14.3 Å². The van der Waals surface area contributed by atoms with Crippen molar-refractivity contribution in [2.24, 2.45) is 11.8 Å². The number of hydrogen-bond donors (Lipinski definition) is 1. The Labute approximate surface area is 185 Å². The number of aromatic nitrogens is 1. The minimum Gasteiger partial charge on any atom is -0.486 e. The fourth-order valence-corrected chi connectivity index (χ4v) is 4.69. The molecule has 4 rings (SSSR count). The van der Waals surface area contributed by atoms with Crippen LogP contribution in [-0.2, 0) is 11.4 Å². The first kappa shape index (κ1) is 21.1. The summed E-state index contributed by atoms with van der Waals surface area (Å²) in [4.78, 5) is 32.5. The number of carbonyl (C=O) groups excluding carboxylic acids is 2. The van der Waals surface area contributed by atoms with Gasteiger partial charge >= 0.3 is 0 Å². The van der Waals surface area contributed by atoms with Crippen LogP contribution in [0.25, 0.3) is 0 Å². The minimum absolute atomic E-state index is 0.0394. The number of aryl methyl sites for hydroxylation is 1. The van der Waals surface area contributed by atoms with Gasteiger partial charge in [-0.05, 0) is 62.8 Å². The molecule has 1 aromatic heterocycles. The molecule has 1 aliphatic carbocycles. The molecule has 160 valence electrons. The summed E-state index contributed by atoms with van der Waals surface area (Å²) in [7, 11) is 0. The lowest BCUT2D eigenvalue weighted by Gasteiger charge is -2.31. The zero-order valence-corrected chi connectivity index (χ0v) is 18.6. The van der Waals surface area contributed by atoms with Gasteiger partial charge in [-0.1, -0.05) is 11.6 Å². The molecule has 1 aliphatic heterocycles. The van der Waals surface area contributed by atoms with Gasteiger partial charge in [0.25, 0.3) is 5.91 Å². The third kappa shape index (κ3) is 5.32. The Balaban J connectivity index is 1.35. The van der Waals surface area contributed by atoms with Crippen molar-refractivity contribution in [3.8, 4) is 5.75 Å². The Morgan fingerprint density at radius 1 is 1.27 bits per heavy atom. The van der Waals surface area contributed by atoms with Gasteiger partial charge in [0.05, 0.1) is 11.6 Å². The fourth-order valence-electron chi connectivity index (χ4n) is 3.62. The molecule has 1 saturated carbocycles. The van der Waals surface area contributed by atoms with Gasteiger partial charge in [0.1, 0.15) is 22.2 Å². The van der Waals surface area contributed by atoms with Crippen LogP contribution in [0.3, 0.4) is 0 Å². The number of ether oxygens (including phenoxy) is 1. The van der Waals surface area contributed by atoms with Crippen molar-refractivity contribution in [1.29, 1.82) is 0 Å². The maximum absolute atomic E-state index is 13.1. The largest absolute Gasteiger partial charge is 0.486 e. The van der Waals surface area contributed by atoms with Crippen molar-refractivity contribution in [1.82, 2.24) is 15.2 Å².